The van der Waals surface area contributed by atoms with Crippen LogP contribution in [0.15, 0.2) is 97.1 Å². The Morgan fingerprint density at radius 3 is 2.03 bits per heavy atom. The molecule has 0 N–H and O–H groups in total. The molecule has 0 aliphatic heterocycles. The van der Waals surface area contributed by atoms with E-state index in [1.807, 2.05) is 18.2 Å². The van der Waals surface area contributed by atoms with Gasteiger partial charge >= 0.3 is 0 Å². The smallest absolute Gasteiger partial charge is 0.0998 e. The minimum absolute atomic E-state index is 0.586. The van der Waals surface area contributed by atoms with Gasteiger partial charge in [0.1, 0.15) is 0 Å². The molecule has 0 aliphatic carbocycles. The molecule has 29 heavy (non-hydrogen) atoms. The van der Waals surface area contributed by atoms with Crippen molar-refractivity contribution in [3.05, 3.63) is 108 Å². The Hall–Kier alpha value is -3.60. The number of rotatable bonds is 2. The Morgan fingerprint density at radius 2 is 1.24 bits per heavy atom. The maximum Gasteiger partial charge on any atom is 0.0998 e. The number of hydrogen-bond donors (Lipinski definition) is 0. The molecule has 0 amide bonds. The van der Waals surface area contributed by atoms with Gasteiger partial charge in [-0.25, -0.2) is 0 Å². The molecule has 0 unspecified atom stereocenters. The summed E-state index contributed by atoms with van der Waals surface area (Å²) in [6, 6.07) is 35.3. The first-order valence-electron chi connectivity index (χ1n) is 9.45. The molecule has 0 bridgehead atoms. The Kier molecular flexibility index (Phi) is 4.28. The third kappa shape index (κ3) is 3.05. The zero-order valence-electron chi connectivity index (χ0n) is 15.6. The molecule has 0 aromatic heterocycles. The fourth-order valence-electron chi connectivity index (χ4n) is 3.92. The summed E-state index contributed by atoms with van der Waals surface area (Å²) in [5.41, 5.74) is 4.62. The van der Waals surface area contributed by atoms with Crippen molar-refractivity contribution in [1.29, 1.82) is 5.26 Å². The normalized spacial score (nSPS) is 10.9. The minimum Gasteiger partial charge on any atom is -0.192 e. The number of nitriles is 1. The second-order valence-corrected chi connectivity index (χ2v) is 7.48. The summed E-state index contributed by atoms with van der Waals surface area (Å²) < 4.78 is 0. The highest BCUT2D eigenvalue weighted by molar-refractivity contribution is 6.33. The van der Waals surface area contributed by atoms with E-state index < -0.39 is 0 Å². The van der Waals surface area contributed by atoms with Gasteiger partial charge in [-0.15, -0.1) is 0 Å². The lowest BCUT2D eigenvalue weighted by atomic mass is 9.95. The van der Waals surface area contributed by atoms with Crippen LogP contribution in [0.25, 0.3) is 43.8 Å². The summed E-state index contributed by atoms with van der Waals surface area (Å²) in [5, 5.41) is 15.0. The Bertz CT molecular complexity index is 1410. The van der Waals surface area contributed by atoms with E-state index in [0.717, 1.165) is 16.7 Å². The monoisotopic (exact) mass is 389 g/mol. The van der Waals surface area contributed by atoms with Gasteiger partial charge in [0.15, 0.2) is 0 Å². The third-order valence-corrected chi connectivity index (χ3v) is 5.70. The maximum absolute atomic E-state index is 9.42. The molecule has 0 saturated heterocycles. The SMILES string of the molecule is N#Cc1cccc(Cl)c1-c1ccc(-c2ccc3ccc4ccccc4c3c2)cc1. The van der Waals surface area contributed by atoms with Gasteiger partial charge in [-0.3, -0.25) is 0 Å². The van der Waals surface area contributed by atoms with E-state index in [4.69, 9.17) is 11.6 Å². The van der Waals surface area contributed by atoms with Crippen LogP contribution in [-0.2, 0) is 0 Å². The average molecular weight is 390 g/mol. The van der Waals surface area contributed by atoms with Crippen LogP contribution in [0.2, 0.25) is 5.02 Å². The van der Waals surface area contributed by atoms with Crippen LogP contribution in [0.4, 0.5) is 0 Å². The van der Waals surface area contributed by atoms with Gasteiger partial charge in [0, 0.05) is 10.6 Å². The first-order valence-corrected chi connectivity index (χ1v) is 9.83. The predicted molar refractivity (Wildman–Crippen MR) is 122 cm³/mol. The zero-order valence-corrected chi connectivity index (χ0v) is 16.3. The van der Waals surface area contributed by atoms with Crippen LogP contribution in [0.5, 0.6) is 0 Å². The first-order chi connectivity index (χ1) is 14.2. The van der Waals surface area contributed by atoms with Crippen LogP contribution < -0.4 is 0 Å². The van der Waals surface area contributed by atoms with Crippen LogP contribution in [0.3, 0.4) is 0 Å². The van der Waals surface area contributed by atoms with E-state index in [2.05, 4.69) is 72.8 Å². The molecule has 2 heteroatoms. The fraction of sp³-hybridized carbons (Fsp3) is 0. The van der Waals surface area contributed by atoms with Gasteiger partial charge in [-0.2, -0.15) is 5.26 Å². The van der Waals surface area contributed by atoms with Crippen LogP contribution in [-0.4, -0.2) is 0 Å². The molecule has 136 valence electrons. The molecule has 0 atom stereocenters. The number of halogens is 1. The standard InChI is InChI=1S/C27H16ClN/c28-26-7-3-5-23(17-29)27(26)21-13-8-18(9-14-21)22-15-12-20-11-10-19-4-1-2-6-24(19)25(20)16-22/h1-16H. The van der Waals surface area contributed by atoms with Gasteiger partial charge < -0.3 is 0 Å². The van der Waals surface area contributed by atoms with Crippen LogP contribution in [0.1, 0.15) is 5.56 Å². The molecule has 5 aromatic rings. The zero-order chi connectivity index (χ0) is 19.8. The largest absolute Gasteiger partial charge is 0.192 e. The topological polar surface area (TPSA) is 23.8 Å². The molecular formula is C27H16ClN. The maximum atomic E-state index is 9.42. The summed E-state index contributed by atoms with van der Waals surface area (Å²) in [4.78, 5) is 0. The van der Waals surface area contributed by atoms with E-state index in [-0.39, 0.29) is 0 Å². The van der Waals surface area contributed by atoms with E-state index in [1.165, 1.54) is 27.1 Å². The molecule has 5 rings (SSSR count). The van der Waals surface area contributed by atoms with Crippen LogP contribution >= 0.6 is 11.6 Å². The summed E-state index contributed by atoms with van der Waals surface area (Å²) in [5.74, 6) is 0. The van der Waals surface area contributed by atoms with E-state index in [9.17, 15) is 5.26 Å². The van der Waals surface area contributed by atoms with Crippen molar-refractivity contribution in [2.45, 2.75) is 0 Å². The van der Waals surface area contributed by atoms with E-state index in [0.29, 0.717) is 10.6 Å². The molecular weight excluding hydrogens is 374 g/mol. The van der Waals surface area contributed by atoms with Gasteiger partial charge in [0.2, 0.25) is 0 Å². The van der Waals surface area contributed by atoms with Crippen molar-refractivity contribution in [1.82, 2.24) is 0 Å². The van der Waals surface area contributed by atoms with Crippen molar-refractivity contribution >= 4 is 33.1 Å². The molecule has 0 radical (unpaired) electrons. The third-order valence-electron chi connectivity index (χ3n) is 5.39. The molecule has 5 aromatic carbocycles. The Balaban J connectivity index is 1.61. The van der Waals surface area contributed by atoms with Gasteiger partial charge in [0.25, 0.3) is 0 Å². The second kappa shape index (κ2) is 7.09. The molecule has 0 spiro atoms. The quantitative estimate of drug-likeness (QED) is 0.282. The lowest BCUT2D eigenvalue weighted by molar-refractivity contribution is 1.48. The van der Waals surface area contributed by atoms with Crippen LogP contribution in [0, 0.1) is 11.3 Å². The predicted octanol–water partition coefficient (Wildman–Crippen LogP) is 7.85. The summed E-state index contributed by atoms with van der Waals surface area (Å²) >= 11 is 6.37. The first kappa shape index (κ1) is 17.5. The van der Waals surface area contributed by atoms with Crippen molar-refractivity contribution < 1.29 is 0 Å². The minimum atomic E-state index is 0.586. The molecule has 0 aliphatic rings. The molecule has 1 nitrogen and oxygen atoms in total. The Labute approximate surface area is 174 Å². The summed E-state index contributed by atoms with van der Waals surface area (Å²) in [7, 11) is 0. The lowest BCUT2D eigenvalue weighted by Gasteiger charge is -2.10. The van der Waals surface area contributed by atoms with Crippen molar-refractivity contribution in [3.63, 3.8) is 0 Å². The fourth-order valence-corrected chi connectivity index (χ4v) is 4.21. The number of benzene rings is 5. The van der Waals surface area contributed by atoms with Gasteiger partial charge in [-0.1, -0.05) is 90.5 Å². The van der Waals surface area contributed by atoms with E-state index >= 15 is 0 Å². The molecule has 0 heterocycles. The second-order valence-electron chi connectivity index (χ2n) is 7.07. The van der Waals surface area contributed by atoms with Crippen molar-refractivity contribution in [3.8, 4) is 28.3 Å². The molecule has 0 saturated carbocycles. The lowest BCUT2D eigenvalue weighted by Crippen LogP contribution is -1.87. The average Bonchev–Trinajstić information content (AvgIpc) is 2.78. The van der Waals surface area contributed by atoms with Crippen molar-refractivity contribution in [2.24, 2.45) is 0 Å². The van der Waals surface area contributed by atoms with E-state index in [1.54, 1.807) is 12.1 Å². The highest BCUT2D eigenvalue weighted by atomic mass is 35.5. The van der Waals surface area contributed by atoms with Gasteiger partial charge in [-0.05, 0) is 56.4 Å². The van der Waals surface area contributed by atoms with Crippen molar-refractivity contribution in [2.75, 3.05) is 0 Å². The summed E-state index contributed by atoms with van der Waals surface area (Å²) in [6.07, 6.45) is 0. The number of nitrogens with zero attached hydrogens (tertiary/aromatic N) is 1. The summed E-state index contributed by atoms with van der Waals surface area (Å²) in [6.45, 7) is 0. The number of fused-ring (bicyclic) bond motifs is 3. The highest BCUT2D eigenvalue weighted by Crippen LogP contribution is 2.34. The Morgan fingerprint density at radius 1 is 0.586 bits per heavy atom. The molecule has 0 fully saturated rings. The highest BCUT2D eigenvalue weighted by Gasteiger charge is 2.10. The number of hydrogen-bond acceptors (Lipinski definition) is 1. The van der Waals surface area contributed by atoms with Gasteiger partial charge in [0.05, 0.1) is 11.6 Å².